The highest BCUT2D eigenvalue weighted by atomic mass is 32.2. The van der Waals surface area contributed by atoms with Gasteiger partial charge in [0.2, 0.25) is 15.9 Å². The fourth-order valence-electron chi connectivity index (χ4n) is 1.97. The van der Waals surface area contributed by atoms with Gasteiger partial charge in [0.1, 0.15) is 0 Å². The van der Waals surface area contributed by atoms with Gasteiger partial charge >= 0.3 is 0 Å². The third-order valence-corrected chi connectivity index (χ3v) is 3.59. The normalized spacial score (nSPS) is 19.6. The van der Waals surface area contributed by atoms with Gasteiger partial charge < -0.3 is 11.1 Å². The Morgan fingerprint density at radius 1 is 1.31 bits per heavy atom. The van der Waals surface area contributed by atoms with Crippen molar-refractivity contribution in [2.45, 2.75) is 37.6 Å². The molecule has 16 heavy (non-hydrogen) atoms. The van der Waals surface area contributed by atoms with E-state index in [1.807, 2.05) is 0 Å². The van der Waals surface area contributed by atoms with Crippen molar-refractivity contribution >= 4 is 15.9 Å². The summed E-state index contributed by atoms with van der Waals surface area (Å²) in [6, 6.07) is 0. The summed E-state index contributed by atoms with van der Waals surface area (Å²) in [5.41, 5.74) is 5.62. The van der Waals surface area contributed by atoms with Crippen molar-refractivity contribution < 1.29 is 13.2 Å². The van der Waals surface area contributed by atoms with Gasteiger partial charge in [-0.1, -0.05) is 12.8 Å². The third-order valence-electron chi connectivity index (χ3n) is 2.82. The summed E-state index contributed by atoms with van der Waals surface area (Å²) < 4.78 is 21.2. The summed E-state index contributed by atoms with van der Waals surface area (Å²) >= 11 is 0. The molecule has 1 aliphatic rings. The largest absolute Gasteiger partial charge is 0.355 e. The molecule has 0 unspecified atom stereocenters. The summed E-state index contributed by atoms with van der Waals surface area (Å²) in [6.07, 6.45) is 4.09. The number of nitrogens with one attached hydrogen (secondary N) is 1. The van der Waals surface area contributed by atoms with E-state index in [9.17, 15) is 13.2 Å². The van der Waals surface area contributed by atoms with Gasteiger partial charge in [-0.25, -0.2) is 13.6 Å². The first-order valence-electron chi connectivity index (χ1n) is 5.37. The molecule has 94 valence electrons. The molecule has 1 fully saturated rings. The number of hydrogen-bond acceptors (Lipinski definition) is 4. The van der Waals surface area contributed by atoms with E-state index in [1.54, 1.807) is 0 Å². The van der Waals surface area contributed by atoms with Gasteiger partial charge in [-0.15, -0.1) is 0 Å². The second-order valence-electron chi connectivity index (χ2n) is 4.46. The number of nitrogens with two attached hydrogens (primary N) is 2. The maximum absolute atomic E-state index is 11.5. The van der Waals surface area contributed by atoms with Crippen LogP contribution in [0.2, 0.25) is 0 Å². The molecule has 0 saturated heterocycles. The summed E-state index contributed by atoms with van der Waals surface area (Å²) in [5.74, 6) is -0.441. The number of carbonyl (C=O) groups excluding carboxylic acids is 1. The maximum atomic E-state index is 11.5. The smallest absolute Gasteiger partial charge is 0.221 e. The average Bonchev–Trinajstić information content (AvgIpc) is 2.49. The highest BCUT2D eigenvalue weighted by Crippen LogP contribution is 2.29. The van der Waals surface area contributed by atoms with Crippen LogP contribution in [0, 0.1) is 0 Å². The number of carbonyl (C=O) groups is 1. The molecule has 0 aromatic carbocycles. The fraction of sp³-hybridized carbons (Fsp3) is 0.889. The molecule has 1 saturated carbocycles. The van der Waals surface area contributed by atoms with Crippen molar-refractivity contribution in [1.82, 2.24) is 5.32 Å². The Morgan fingerprint density at radius 2 is 1.88 bits per heavy atom. The summed E-state index contributed by atoms with van der Waals surface area (Å²) in [7, 11) is -3.51. The van der Waals surface area contributed by atoms with Crippen LogP contribution in [-0.2, 0) is 14.8 Å². The Hall–Kier alpha value is -0.660. The van der Waals surface area contributed by atoms with Crippen LogP contribution in [-0.4, -0.2) is 32.2 Å². The van der Waals surface area contributed by atoms with Gasteiger partial charge in [-0.2, -0.15) is 0 Å². The molecule has 6 nitrogen and oxygen atoms in total. The number of primary sulfonamides is 1. The summed E-state index contributed by atoms with van der Waals surface area (Å²) in [6.45, 7) is 0.0494. The first kappa shape index (κ1) is 13.4. The van der Waals surface area contributed by atoms with E-state index < -0.39 is 15.6 Å². The number of hydrogen-bond donors (Lipinski definition) is 3. The van der Waals surface area contributed by atoms with Crippen molar-refractivity contribution in [3.63, 3.8) is 0 Å². The molecule has 7 heteroatoms. The van der Waals surface area contributed by atoms with E-state index in [1.165, 1.54) is 0 Å². The van der Waals surface area contributed by atoms with Gasteiger partial charge in [0, 0.05) is 18.5 Å². The lowest BCUT2D eigenvalue weighted by molar-refractivity contribution is -0.122. The molecule has 1 aliphatic carbocycles. The van der Waals surface area contributed by atoms with E-state index in [0.717, 1.165) is 25.7 Å². The van der Waals surface area contributed by atoms with E-state index in [4.69, 9.17) is 10.9 Å². The van der Waals surface area contributed by atoms with Crippen LogP contribution >= 0.6 is 0 Å². The molecule has 0 radical (unpaired) electrons. The molecule has 5 N–H and O–H groups in total. The van der Waals surface area contributed by atoms with E-state index in [-0.39, 0.29) is 24.6 Å². The zero-order chi connectivity index (χ0) is 12.2. The summed E-state index contributed by atoms with van der Waals surface area (Å²) in [5, 5.41) is 7.32. The SMILES string of the molecule is NC1(CC(=O)NCCS(N)(=O)=O)CCCC1. The zero-order valence-corrected chi connectivity index (χ0v) is 10.1. The van der Waals surface area contributed by atoms with E-state index in [2.05, 4.69) is 5.32 Å². The molecular formula is C9H19N3O3S. The maximum Gasteiger partial charge on any atom is 0.221 e. The molecule has 0 atom stereocenters. The fourth-order valence-corrected chi connectivity index (χ4v) is 2.36. The number of amides is 1. The molecule has 0 heterocycles. The molecule has 0 aromatic rings. The lowest BCUT2D eigenvalue weighted by Crippen LogP contribution is -2.43. The van der Waals surface area contributed by atoms with Crippen LogP contribution in [0.4, 0.5) is 0 Å². The third kappa shape index (κ3) is 4.91. The molecular weight excluding hydrogens is 230 g/mol. The van der Waals surface area contributed by atoms with Crippen LogP contribution in [0.15, 0.2) is 0 Å². The molecule has 0 aliphatic heterocycles. The summed E-state index contributed by atoms with van der Waals surface area (Å²) in [4.78, 5) is 11.5. The lowest BCUT2D eigenvalue weighted by Gasteiger charge is -2.22. The minimum Gasteiger partial charge on any atom is -0.355 e. The molecule has 0 spiro atoms. The van der Waals surface area contributed by atoms with Gasteiger partial charge in [-0.05, 0) is 12.8 Å². The Labute approximate surface area is 95.8 Å². The monoisotopic (exact) mass is 249 g/mol. The molecule has 0 bridgehead atoms. The molecule has 1 rings (SSSR count). The Kier molecular flexibility index (Phi) is 4.28. The van der Waals surface area contributed by atoms with E-state index in [0.29, 0.717) is 0 Å². The van der Waals surface area contributed by atoms with Gasteiger partial charge in [0.15, 0.2) is 0 Å². The van der Waals surface area contributed by atoms with Crippen LogP contribution in [0.5, 0.6) is 0 Å². The molecule has 0 aromatic heterocycles. The minimum atomic E-state index is -3.51. The van der Waals surface area contributed by atoms with Crippen LogP contribution in [0.1, 0.15) is 32.1 Å². The van der Waals surface area contributed by atoms with Crippen LogP contribution in [0.25, 0.3) is 0 Å². The van der Waals surface area contributed by atoms with Crippen molar-refractivity contribution in [3.05, 3.63) is 0 Å². The van der Waals surface area contributed by atoms with Gasteiger partial charge in [0.05, 0.1) is 5.75 Å². The van der Waals surface area contributed by atoms with E-state index >= 15 is 0 Å². The Balaban J connectivity index is 2.26. The first-order valence-corrected chi connectivity index (χ1v) is 7.08. The highest BCUT2D eigenvalue weighted by Gasteiger charge is 2.31. The molecule has 1 amide bonds. The number of sulfonamides is 1. The predicted molar refractivity (Wildman–Crippen MR) is 61.0 cm³/mol. The number of rotatable bonds is 5. The Morgan fingerprint density at radius 3 is 2.38 bits per heavy atom. The zero-order valence-electron chi connectivity index (χ0n) is 9.24. The van der Waals surface area contributed by atoms with Crippen LogP contribution < -0.4 is 16.2 Å². The standard InChI is InChI=1S/C9H19N3O3S/c10-9(3-1-2-4-9)7-8(13)12-5-6-16(11,14)15/h1-7,10H2,(H,12,13)(H2,11,14,15). The average molecular weight is 249 g/mol. The first-order chi connectivity index (χ1) is 7.31. The predicted octanol–water partition coefficient (Wildman–Crippen LogP) is -0.947. The quantitative estimate of drug-likeness (QED) is 0.582. The second-order valence-corrected chi connectivity index (χ2v) is 6.20. The van der Waals surface area contributed by atoms with Crippen molar-refractivity contribution in [2.24, 2.45) is 10.9 Å². The second kappa shape index (κ2) is 5.11. The van der Waals surface area contributed by atoms with Crippen molar-refractivity contribution in [1.29, 1.82) is 0 Å². The van der Waals surface area contributed by atoms with Gasteiger partial charge in [-0.3, -0.25) is 4.79 Å². The van der Waals surface area contributed by atoms with Crippen LogP contribution in [0.3, 0.4) is 0 Å². The van der Waals surface area contributed by atoms with Crippen molar-refractivity contribution in [3.8, 4) is 0 Å². The van der Waals surface area contributed by atoms with Gasteiger partial charge in [0.25, 0.3) is 0 Å². The highest BCUT2D eigenvalue weighted by molar-refractivity contribution is 7.89. The topological polar surface area (TPSA) is 115 Å². The minimum absolute atomic E-state index is 0.0494. The Bertz CT molecular complexity index is 347. The van der Waals surface area contributed by atoms with Crippen molar-refractivity contribution in [2.75, 3.05) is 12.3 Å². The lowest BCUT2D eigenvalue weighted by atomic mass is 9.94.